The Morgan fingerprint density at radius 3 is 2.75 bits per heavy atom. The molecule has 1 aliphatic rings. The number of hydrogen-bond acceptors (Lipinski definition) is 5. The van der Waals surface area contributed by atoms with Crippen LogP contribution in [0, 0.1) is 0 Å². The van der Waals surface area contributed by atoms with Crippen molar-refractivity contribution < 1.29 is 23.8 Å². The highest BCUT2D eigenvalue weighted by molar-refractivity contribution is 5.97. The predicted molar refractivity (Wildman–Crippen MR) is 88.3 cm³/mol. The highest BCUT2D eigenvalue weighted by Crippen LogP contribution is 2.32. The van der Waals surface area contributed by atoms with Gasteiger partial charge in [-0.2, -0.15) is 0 Å². The molecule has 24 heavy (non-hydrogen) atoms. The quantitative estimate of drug-likeness (QED) is 0.632. The molecule has 0 spiro atoms. The summed E-state index contributed by atoms with van der Waals surface area (Å²) in [6.45, 7) is 4.13. The van der Waals surface area contributed by atoms with Crippen molar-refractivity contribution in [3.8, 4) is 11.5 Å². The molecule has 132 valence electrons. The summed E-state index contributed by atoms with van der Waals surface area (Å²) in [6.07, 6.45) is 2.92. The molecule has 1 aromatic rings. The molecule has 7 heteroatoms. The summed E-state index contributed by atoms with van der Waals surface area (Å²) in [5.74, 6) is 0.602. The first-order valence-electron chi connectivity index (χ1n) is 8.23. The zero-order chi connectivity index (χ0) is 17.2. The monoisotopic (exact) mass is 336 g/mol. The average molecular weight is 336 g/mol. The number of nitrogens with one attached hydrogen (secondary N) is 2. The van der Waals surface area contributed by atoms with E-state index in [-0.39, 0.29) is 25.2 Å². The minimum absolute atomic E-state index is 0.0655. The Kier molecular flexibility index (Phi) is 7.35. The van der Waals surface area contributed by atoms with Crippen molar-refractivity contribution in [1.29, 1.82) is 0 Å². The lowest BCUT2D eigenvalue weighted by Crippen LogP contribution is -2.37. The molecule has 1 heterocycles. The van der Waals surface area contributed by atoms with Gasteiger partial charge in [0.25, 0.3) is 5.91 Å². The van der Waals surface area contributed by atoms with Gasteiger partial charge in [0.05, 0.1) is 6.54 Å². The van der Waals surface area contributed by atoms with Crippen molar-refractivity contribution >= 4 is 11.8 Å². The smallest absolute Gasteiger partial charge is 0.251 e. The lowest BCUT2D eigenvalue weighted by Gasteiger charge is -2.08. The first kappa shape index (κ1) is 18.1. The highest BCUT2D eigenvalue weighted by atomic mass is 16.7. The third-order valence-electron chi connectivity index (χ3n) is 3.47. The third kappa shape index (κ3) is 5.73. The number of unbranched alkanes of at least 4 members (excludes halogenated alkanes) is 1. The molecule has 0 fully saturated rings. The summed E-state index contributed by atoms with van der Waals surface area (Å²) in [7, 11) is 0. The standard InChI is InChI=1S/C17H24N2O5/c1-2-3-8-22-9-4-7-18-16(20)11-19-17(21)13-5-6-14-15(10-13)24-12-23-14/h5-6,10H,2-4,7-9,11-12H2,1H3,(H,18,20)(H,19,21). The molecule has 2 amide bonds. The van der Waals surface area contributed by atoms with Gasteiger partial charge in [-0.3, -0.25) is 9.59 Å². The number of benzene rings is 1. The summed E-state index contributed by atoms with van der Waals surface area (Å²) < 4.78 is 15.8. The second-order valence-corrected chi connectivity index (χ2v) is 5.42. The maximum Gasteiger partial charge on any atom is 0.251 e. The maximum atomic E-state index is 12.0. The van der Waals surface area contributed by atoms with E-state index in [0.29, 0.717) is 30.2 Å². The second-order valence-electron chi connectivity index (χ2n) is 5.42. The zero-order valence-corrected chi connectivity index (χ0v) is 13.9. The Hall–Kier alpha value is -2.28. The molecule has 1 aliphatic heterocycles. The average Bonchev–Trinajstić information content (AvgIpc) is 3.06. The molecule has 2 rings (SSSR count). The molecule has 0 radical (unpaired) electrons. The Bertz CT molecular complexity index is 562. The van der Waals surface area contributed by atoms with Crippen LogP contribution in [0.3, 0.4) is 0 Å². The van der Waals surface area contributed by atoms with Gasteiger partial charge in [-0.25, -0.2) is 0 Å². The van der Waals surface area contributed by atoms with Crippen molar-refractivity contribution in [3.05, 3.63) is 23.8 Å². The van der Waals surface area contributed by atoms with Gasteiger partial charge in [0.2, 0.25) is 12.7 Å². The number of carbonyl (C=O) groups excluding carboxylic acids is 2. The van der Waals surface area contributed by atoms with Crippen LogP contribution in [-0.2, 0) is 9.53 Å². The van der Waals surface area contributed by atoms with E-state index < -0.39 is 0 Å². The fourth-order valence-electron chi connectivity index (χ4n) is 2.11. The van der Waals surface area contributed by atoms with Crippen LogP contribution < -0.4 is 20.1 Å². The van der Waals surface area contributed by atoms with E-state index in [0.717, 1.165) is 25.9 Å². The fourth-order valence-corrected chi connectivity index (χ4v) is 2.11. The molecular formula is C17H24N2O5. The van der Waals surface area contributed by atoms with Gasteiger partial charge < -0.3 is 24.8 Å². The van der Waals surface area contributed by atoms with Crippen molar-refractivity contribution in [2.45, 2.75) is 26.2 Å². The molecule has 0 bridgehead atoms. The lowest BCUT2D eigenvalue weighted by molar-refractivity contribution is -0.120. The van der Waals surface area contributed by atoms with Crippen LogP contribution in [0.15, 0.2) is 18.2 Å². The van der Waals surface area contributed by atoms with Crippen molar-refractivity contribution in [2.75, 3.05) is 33.1 Å². The first-order valence-corrected chi connectivity index (χ1v) is 8.23. The van der Waals surface area contributed by atoms with Crippen molar-refractivity contribution in [2.24, 2.45) is 0 Å². The fraction of sp³-hybridized carbons (Fsp3) is 0.529. The number of carbonyl (C=O) groups is 2. The third-order valence-corrected chi connectivity index (χ3v) is 3.47. The van der Waals surface area contributed by atoms with Crippen molar-refractivity contribution in [1.82, 2.24) is 10.6 Å². The molecule has 0 aromatic heterocycles. The van der Waals surface area contributed by atoms with Crippen LogP contribution in [0.2, 0.25) is 0 Å². The van der Waals surface area contributed by atoms with Gasteiger partial charge in [0, 0.05) is 25.3 Å². The summed E-state index contributed by atoms with van der Waals surface area (Å²) in [5, 5.41) is 5.32. The molecule has 7 nitrogen and oxygen atoms in total. The van der Waals surface area contributed by atoms with E-state index in [2.05, 4.69) is 17.6 Å². The van der Waals surface area contributed by atoms with E-state index in [1.807, 2.05) is 0 Å². The molecule has 2 N–H and O–H groups in total. The molecule has 0 saturated carbocycles. The first-order chi connectivity index (χ1) is 11.7. The van der Waals surface area contributed by atoms with Gasteiger partial charge in [-0.1, -0.05) is 13.3 Å². The van der Waals surface area contributed by atoms with Crippen LogP contribution in [0.5, 0.6) is 11.5 Å². The topological polar surface area (TPSA) is 85.9 Å². The van der Waals surface area contributed by atoms with Gasteiger partial charge >= 0.3 is 0 Å². The molecule has 0 unspecified atom stereocenters. The number of fused-ring (bicyclic) bond motifs is 1. The molecule has 0 saturated heterocycles. The maximum absolute atomic E-state index is 12.0. The van der Waals surface area contributed by atoms with E-state index in [1.165, 1.54) is 0 Å². The second kappa shape index (κ2) is 9.77. The predicted octanol–water partition coefficient (Wildman–Crippen LogP) is 1.47. The Balaban J connectivity index is 1.60. The van der Waals surface area contributed by atoms with Crippen LogP contribution in [-0.4, -0.2) is 44.9 Å². The lowest BCUT2D eigenvalue weighted by atomic mass is 10.2. The Morgan fingerprint density at radius 1 is 1.12 bits per heavy atom. The Labute approximate surface area is 141 Å². The van der Waals surface area contributed by atoms with Crippen LogP contribution >= 0.6 is 0 Å². The SMILES string of the molecule is CCCCOCCCNC(=O)CNC(=O)c1ccc2c(c1)OCO2. The number of amides is 2. The van der Waals surface area contributed by atoms with Crippen LogP contribution in [0.1, 0.15) is 36.5 Å². The summed E-state index contributed by atoms with van der Waals surface area (Å²) in [5.41, 5.74) is 0.427. The van der Waals surface area contributed by atoms with Gasteiger partial charge in [0.1, 0.15) is 0 Å². The zero-order valence-electron chi connectivity index (χ0n) is 13.9. The van der Waals surface area contributed by atoms with E-state index >= 15 is 0 Å². The summed E-state index contributed by atoms with van der Waals surface area (Å²) in [4.78, 5) is 23.7. The largest absolute Gasteiger partial charge is 0.454 e. The number of rotatable bonds is 10. The molecule has 0 aliphatic carbocycles. The van der Waals surface area contributed by atoms with E-state index in [4.69, 9.17) is 14.2 Å². The number of ether oxygens (including phenoxy) is 3. The van der Waals surface area contributed by atoms with Gasteiger partial charge in [-0.15, -0.1) is 0 Å². The summed E-state index contributed by atoms with van der Waals surface area (Å²) >= 11 is 0. The van der Waals surface area contributed by atoms with Gasteiger partial charge in [0.15, 0.2) is 11.5 Å². The molecule has 1 aromatic carbocycles. The van der Waals surface area contributed by atoms with Crippen LogP contribution in [0.4, 0.5) is 0 Å². The molecule has 0 atom stereocenters. The minimum atomic E-state index is -0.327. The normalized spacial score (nSPS) is 12.0. The van der Waals surface area contributed by atoms with Crippen molar-refractivity contribution in [3.63, 3.8) is 0 Å². The summed E-state index contributed by atoms with van der Waals surface area (Å²) in [6, 6.07) is 4.91. The van der Waals surface area contributed by atoms with E-state index in [1.54, 1.807) is 18.2 Å². The van der Waals surface area contributed by atoms with Crippen LogP contribution in [0.25, 0.3) is 0 Å². The highest BCUT2D eigenvalue weighted by Gasteiger charge is 2.16. The number of hydrogen-bond donors (Lipinski definition) is 2. The molecular weight excluding hydrogens is 312 g/mol. The Morgan fingerprint density at radius 2 is 1.92 bits per heavy atom. The van der Waals surface area contributed by atoms with Gasteiger partial charge in [-0.05, 0) is 31.0 Å². The van der Waals surface area contributed by atoms with E-state index in [9.17, 15) is 9.59 Å². The minimum Gasteiger partial charge on any atom is -0.454 e.